The van der Waals surface area contributed by atoms with Gasteiger partial charge in [-0.3, -0.25) is 0 Å². The molecule has 0 atom stereocenters. The van der Waals surface area contributed by atoms with Gasteiger partial charge in [-0.25, -0.2) is 19.9 Å². The lowest BCUT2D eigenvalue weighted by atomic mass is 9.97. The summed E-state index contributed by atoms with van der Waals surface area (Å²) in [5.41, 5.74) is 21.4. The van der Waals surface area contributed by atoms with Crippen molar-refractivity contribution in [1.29, 1.82) is 0 Å². The van der Waals surface area contributed by atoms with Gasteiger partial charge >= 0.3 is 7.69 Å². The summed E-state index contributed by atoms with van der Waals surface area (Å²) >= 11 is 9.89. The molecule has 0 saturated heterocycles. The molecule has 22 aromatic rings. The zero-order valence-electron chi connectivity index (χ0n) is 61.9. The van der Waals surface area contributed by atoms with Crippen LogP contribution in [0.4, 0.5) is 0 Å². The van der Waals surface area contributed by atoms with Gasteiger partial charge in [0, 0.05) is 95.3 Å². The number of thiophene rings is 2. The van der Waals surface area contributed by atoms with E-state index in [1.165, 1.54) is 64.3 Å². The van der Waals surface area contributed by atoms with Crippen molar-refractivity contribution in [3.63, 3.8) is 0 Å². The SMILES string of the molecule is Clc1nc(-c2ccccc2)nc(-c2cccc3c2sc2c(-c4ccccc4)cccc23)n1.O[B]Oc1cccc2c1oc1c(-c3cccc(-c4ccccc4)c3)cccc12.c1ccc(-c2cccc(-c3cccc4c3oc3c(-c5nc(-c6ccccc6)nc(-c6cccc7c6sc6c(-c8ccccc8)cccc67)n5)cccc34)c2)cc1. The fourth-order valence-corrected chi connectivity index (χ4v) is 18.4. The van der Waals surface area contributed by atoms with E-state index in [2.05, 4.69) is 265 Å². The summed E-state index contributed by atoms with van der Waals surface area (Å²) in [6.45, 7) is 0. The Morgan fingerprint density at radius 3 is 0.940 bits per heavy atom. The Hall–Kier alpha value is -14.3. The topological polar surface area (TPSA) is 133 Å². The Balaban J connectivity index is 0.000000122. The van der Waals surface area contributed by atoms with Crippen molar-refractivity contribution in [2.45, 2.75) is 0 Å². The molecule has 0 saturated carbocycles. The molecule has 0 fully saturated rings. The van der Waals surface area contributed by atoms with Gasteiger partial charge in [0.1, 0.15) is 22.5 Å². The lowest BCUT2D eigenvalue weighted by molar-refractivity contribution is 0.451. The van der Waals surface area contributed by atoms with Crippen LogP contribution in [-0.2, 0) is 0 Å². The molecule has 14 heteroatoms. The molecular formula is C102H63BClN6O4S2. The monoisotopic (exact) mass is 1550 g/mol. The molecule has 0 aliphatic carbocycles. The van der Waals surface area contributed by atoms with Crippen LogP contribution in [0, 0.1) is 0 Å². The summed E-state index contributed by atoms with van der Waals surface area (Å²) < 4.78 is 23.1. The van der Waals surface area contributed by atoms with Crippen molar-refractivity contribution < 1.29 is 18.5 Å². The van der Waals surface area contributed by atoms with Gasteiger partial charge in [0.2, 0.25) is 5.28 Å². The number of rotatable bonds is 13. The molecule has 1 N–H and O–H groups in total. The first-order chi connectivity index (χ1) is 57.4. The standard InChI is InChI=1S/C51H31N3OS.C27H16ClN3S.C24H16BO3/c1-4-15-32(16-5-1)35-21-10-22-36(31-35)37-23-11-25-39-40-26-13-29-43(46(40)55-45(37)39)50-52-49(34-19-8-3-9-20-34)53-51(54-50)44-30-14-28-42-41-27-12-24-38(47(41)56-48(42)44)33-17-6-2-7-18-33;28-27-30-25(18-11-5-2-6-12-18)29-26(31-27)22-16-8-15-21-20-14-7-13-19(23(20)32-24(21)22)17-9-3-1-4-10-17;26-25-28-22-14-6-13-21-20-12-5-11-19(23(20)27-24(21)22)18-10-4-9-17(15-18)16-7-2-1-3-8-16/h1-31H;1-16H;1-15,26H. The average Bonchev–Trinajstić information content (AvgIpc) is 1.61. The number of furan rings is 2. The van der Waals surface area contributed by atoms with Crippen LogP contribution < -0.4 is 4.65 Å². The number of benzene rings is 16. The Morgan fingerprint density at radius 1 is 0.233 bits per heavy atom. The van der Waals surface area contributed by atoms with Crippen molar-refractivity contribution in [2.24, 2.45) is 0 Å². The molecule has 116 heavy (non-hydrogen) atoms. The molecular weight excluding hydrogens is 1480 g/mol. The first-order valence-corrected chi connectivity index (χ1v) is 40.0. The predicted molar refractivity (Wildman–Crippen MR) is 480 cm³/mol. The second-order valence-corrected chi connectivity index (χ2v) is 30.3. The molecule has 6 heterocycles. The Bertz CT molecular complexity index is 7440. The van der Waals surface area contributed by atoms with Crippen molar-refractivity contribution >= 4 is 126 Å². The van der Waals surface area contributed by atoms with E-state index in [0.29, 0.717) is 48.1 Å². The summed E-state index contributed by atoms with van der Waals surface area (Å²) in [4.78, 5) is 29.2. The molecule has 0 aliphatic heterocycles. The van der Waals surface area contributed by atoms with Gasteiger partial charge in [0.05, 0.1) is 5.56 Å². The normalized spacial score (nSPS) is 11.4. The van der Waals surface area contributed by atoms with E-state index in [-0.39, 0.29) is 5.28 Å². The number of hydrogen-bond acceptors (Lipinski definition) is 12. The zero-order valence-corrected chi connectivity index (χ0v) is 64.3. The first-order valence-electron chi connectivity index (χ1n) is 38.0. The van der Waals surface area contributed by atoms with Gasteiger partial charge in [-0.15, -0.1) is 22.7 Å². The van der Waals surface area contributed by atoms with E-state index < -0.39 is 0 Å². The highest BCUT2D eigenvalue weighted by Crippen LogP contribution is 2.48. The minimum Gasteiger partial charge on any atom is -0.535 e. The zero-order chi connectivity index (χ0) is 77.4. The van der Waals surface area contributed by atoms with E-state index >= 15 is 0 Å². The molecule has 22 rings (SSSR count). The minimum atomic E-state index is 0.192. The Labute approximate surface area is 680 Å². The maximum atomic E-state index is 9.04. The molecule has 0 aliphatic rings. The summed E-state index contributed by atoms with van der Waals surface area (Å²) in [5, 5.41) is 18.1. The maximum Gasteiger partial charge on any atom is 0.569 e. The number of nitrogens with zero attached hydrogens (tertiary/aromatic N) is 6. The number of hydrogen-bond donors (Lipinski definition) is 1. The van der Waals surface area contributed by atoms with Gasteiger partial charge < -0.3 is 18.5 Å². The maximum absolute atomic E-state index is 9.04. The van der Waals surface area contributed by atoms with Gasteiger partial charge in [0.25, 0.3) is 0 Å². The van der Waals surface area contributed by atoms with Gasteiger partial charge in [0.15, 0.2) is 34.7 Å². The van der Waals surface area contributed by atoms with Crippen LogP contribution in [0.25, 0.3) is 208 Å². The molecule has 10 nitrogen and oxygen atoms in total. The summed E-state index contributed by atoms with van der Waals surface area (Å²) in [5.74, 6) is 3.44. The summed E-state index contributed by atoms with van der Waals surface area (Å²) in [7, 11) is 0.673. The minimum absolute atomic E-state index is 0.192. The van der Waals surface area contributed by atoms with Gasteiger partial charge in [-0.05, 0) is 104 Å². The highest BCUT2D eigenvalue weighted by molar-refractivity contribution is 7.27. The molecule has 1 radical (unpaired) electrons. The molecule has 547 valence electrons. The van der Waals surface area contributed by atoms with Crippen molar-refractivity contribution in [3.8, 4) is 129 Å². The molecule has 0 amide bonds. The molecule has 16 aromatic carbocycles. The molecule has 0 unspecified atom stereocenters. The Morgan fingerprint density at radius 2 is 0.509 bits per heavy atom. The van der Waals surface area contributed by atoms with Crippen molar-refractivity contribution in [1.82, 2.24) is 29.9 Å². The molecule has 6 aromatic heterocycles. The third kappa shape index (κ3) is 13.5. The predicted octanol–water partition coefficient (Wildman–Crippen LogP) is 27.9. The van der Waals surface area contributed by atoms with Crippen molar-refractivity contribution in [2.75, 3.05) is 0 Å². The smallest absolute Gasteiger partial charge is 0.535 e. The average molecular weight is 1550 g/mol. The van der Waals surface area contributed by atoms with Crippen molar-refractivity contribution in [3.05, 3.63) is 381 Å². The van der Waals surface area contributed by atoms with Gasteiger partial charge in [-0.1, -0.05) is 340 Å². The number of aromatic nitrogens is 6. The highest BCUT2D eigenvalue weighted by Gasteiger charge is 2.24. The second kappa shape index (κ2) is 31.0. The second-order valence-electron chi connectivity index (χ2n) is 28.0. The Kier molecular flexibility index (Phi) is 18.9. The fraction of sp³-hybridized carbons (Fsp3) is 0. The van der Waals surface area contributed by atoms with Gasteiger partial charge in [-0.2, -0.15) is 9.97 Å². The fourth-order valence-electron chi connectivity index (χ4n) is 15.6. The van der Waals surface area contributed by atoms with Crippen LogP contribution in [0.1, 0.15) is 0 Å². The first kappa shape index (κ1) is 70.8. The lowest BCUT2D eigenvalue weighted by Gasteiger charge is -2.09. The highest BCUT2D eigenvalue weighted by atomic mass is 35.5. The third-order valence-electron chi connectivity index (χ3n) is 21.0. The van der Waals surface area contributed by atoms with E-state index in [0.717, 1.165) is 109 Å². The van der Waals surface area contributed by atoms with E-state index in [1.54, 1.807) is 28.7 Å². The molecule has 0 bridgehead atoms. The van der Waals surface area contributed by atoms with E-state index in [1.807, 2.05) is 115 Å². The largest absolute Gasteiger partial charge is 0.569 e. The van der Waals surface area contributed by atoms with E-state index in [4.69, 9.17) is 50.0 Å². The quantitative estimate of drug-likeness (QED) is 0.111. The summed E-state index contributed by atoms with van der Waals surface area (Å²) in [6, 6.07) is 129. The number of para-hydroxylation sites is 4. The third-order valence-corrected chi connectivity index (χ3v) is 23.7. The number of fused-ring (bicyclic) bond motifs is 12. The van der Waals surface area contributed by atoms with Crippen LogP contribution >= 0.6 is 34.3 Å². The van der Waals surface area contributed by atoms with Crippen LogP contribution in [0.3, 0.4) is 0 Å². The van der Waals surface area contributed by atoms with E-state index in [9.17, 15) is 0 Å². The number of halogens is 1. The van der Waals surface area contributed by atoms with Crippen LogP contribution in [-0.4, -0.2) is 42.6 Å². The van der Waals surface area contributed by atoms with Crippen LogP contribution in [0.2, 0.25) is 5.28 Å². The lowest BCUT2D eigenvalue weighted by Crippen LogP contribution is -2.00. The molecule has 0 spiro atoms. The van der Waals surface area contributed by atoms with Crippen LogP contribution in [0.15, 0.2) is 385 Å². The summed E-state index contributed by atoms with van der Waals surface area (Å²) in [6.07, 6.45) is 0. The van der Waals surface area contributed by atoms with Crippen LogP contribution in [0.5, 0.6) is 5.75 Å².